The summed E-state index contributed by atoms with van der Waals surface area (Å²) < 4.78 is 6.39. The first-order valence-electron chi connectivity index (χ1n) is 16.0. The van der Waals surface area contributed by atoms with E-state index in [1.165, 1.54) is 77.0 Å². The Morgan fingerprint density at radius 3 is 1.59 bits per heavy atom. The molecule has 0 N–H and O–H groups in total. The fourth-order valence-corrected chi connectivity index (χ4v) is 8.42. The summed E-state index contributed by atoms with van der Waals surface area (Å²) >= 11 is 0. The van der Waals surface area contributed by atoms with Crippen LogP contribution in [0, 0.1) is 41.4 Å². The molecule has 0 amide bonds. The van der Waals surface area contributed by atoms with Gasteiger partial charge in [0.25, 0.3) is 0 Å². The maximum atomic E-state index is 6.39. The molecule has 2 unspecified atom stereocenters. The molecule has 2 atom stereocenters. The molecule has 0 radical (unpaired) electrons. The predicted molar refractivity (Wildman–Crippen MR) is 147 cm³/mol. The molecule has 3 saturated carbocycles. The summed E-state index contributed by atoms with van der Waals surface area (Å²) in [6.07, 6.45) is 34.6. The zero-order valence-electron chi connectivity index (χ0n) is 23.0. The maximum absolute atomic E-state index is 6.39. The first kappa shape index (κ1) is 26.8. The van der Waals surface area contributed by atoms with Gasteiger partial charge in [0.2, 0.25) is 0 Å². The minimum Gasteiger partial charge on any atom is -0.374 e. The highest BCUT2D eigenvalue weighted by Crippen LogP contribution is 2.46. The van der Waals surface area contributed by atoms with E-state index in [0.717, 1.165) is 48.0 Å². The molecule has 0 aromatic rings. The van der Waals surface area contributed by atoms with Gasteiger partial charge >= 0.3 is 0 Å². The molecule has 0 spiro atoms. The monoisotopic (exact) mass is 470 g/mol. The second kappa shape index (κ2) is 14.4. The normalized spacial score (nSPS) is 39.2. The van der Waals surface area contributed by atoms with Gasteiger partial charge in [-0.15, -0.1) is 0 Å². The largest absolute Gasteiger partial charge is 0.374 e. The van der Waals surface area contributed by atoms with Crippen LogP contribution in [0.4, 0.5) is 0 Å². The van der Waals surface area contributed by atoms with Gasteiger partial charge in [0.15, 0.2) is 0 Å². The van der Waals surface area contributed by atoms with Gasteiger partial charge in [-0.05, 0) is 125 Å². The topological polar surface area (TPSA) is 9.23 Å². The predicted octanol–water partition coefficient (Wildman–Crippen LogP) is 10.1. The fraction of sp³-hybridized carbons (Fsp3) is 0.939. The van der Waals surface area contributed by atoms with Crippen LogP contribution < -0.4 is 0 Å². The van der Waals surface area contributed by atoms with Crippen molar-refractivity contribution < 1.29 is 4.74 Å². The van der Waals surface area contributed by atoms with Crippen LogP contribution in [0.25, 0.3) is 0 Å². The van der Waals surface area contributed by atoms with E-state index in [9.17, 15) is 0 Å². The summed E-state index contributed by atoms with van der Waals surface area (Å²) in [4.78, 5) is 0. The molecule has 3 fully saturated rings. The highest BCUT2D eigenvalue weighted by molar-refractivity contribution is 4.99. The molecule has 0 saturated heterocycles. The third kappa shape index (κ3) is 8.11. The lowest BCUT2D eigenvalue weighted by Crippen LogP contribution is -2.30. The summed E-state index contributed by atoms with van der Waals surface area (Å²) in [5, 5.41) is 0. The van der Waals surface area contributed by atoms with Gasteiger partial charge in [0, 0.05) is 0 Å². The van der Waals surface area contributed by atoms with Crippen LogP contribution in [0.3, 0.4) is 0 Å². The number of hydrogen-bond acceptors (Lipinski definition) is 1. The van der Waals surface area contributed by atoms with Crippen LogP contribution in [0.1, 0.15) is 142 Å². The van der Waals surface area contributed by atoms with Crippen molar-refractivity contribution in [1.82, 2.24) is 0 Å². The Hall–Kier alpha value is -0.300. The van der Waals surface area contributed by atoms with Crippen LogP contribution in [0.2, 0.25) is 0 Å². The van der Waals surface area contributed by atoms with E-state index in [-0.39, 0.29) is 0 Å². The van der Waals surface area contributed by atoms with E-state index < -0.39 is 0 Å². The Bertz CT molecular complexity index is 557. The van der Waals surface area contributed by atoms with Gasteiger partial charge in [-0.1, -0.05) is 70.9 Å². The molecule has 0 aliphatic heterocycles. The van der Waals surface area contributed by atoms with Crippen molar-refractivity contribution in [3.63, 3.8) is 0 Å². The zero-order chi connectivity index (χ0) is 23.6. The summed E-state index contributed by atoms with van der Waals surface area (Å²) in [6.45, 7) is 5.69. The number of unbranched alkanes of at least 4 members (excludes halogenated alkanes) is 2. The molecular weight excluding hydrogens is 412 g/mol. The SMILES string of the molecule is CCCCCC1C=CC(OCC2CCC(C3CCC(C4CCC(CCC)CC4)CC3)CC2)CC1. The molecule has 4 rings (SSSR count). The van der Waals surface area contributed by atoms with Crippen molar-refractivity contribution in [2.75, 3.05) is 6.61 Å². The van der Waals surface area contributed by atoms with Crippen molar-refractivity contribution >= 4 is 0 Å². The lowest BCUT2D eigenvalue weighted by Gasteiger charge is -2.41. The van der Waals surface area contributed by atoms with E-state index in [2.05, 4.69) is 26.0 Å². The van der Waals surface area contributed by atoms with Crippen molar-refractivity contribution in [1.29, 1.82) is 0 Å². The Morgan fingerprint density at radius 2 is 1.09 bits per heavy atom. The van der Waals surface area contributed by atoms with E-state index in [1.807, 2.05) is 0 Å². The van der Waals surface area contributed by atoms with Crippen LogP contribution in [0.5, 0.6) is 0 Å². The minimum atomic E-state index is 0.410. The highest BCUT2D eigenvalue weighted by atomic mass is 16.5. The molecule has 4 aliphatic carbocycles. The van der Waals surface area contributed by atoms with Crippen LogP contribution in [-0.4, -0.2) is 12.7 Å². The van der Waals surface area contributed by atoms with Gasteiger partial charge in [-0.2, -0.15) is 0 Å². The van der Waals surface area contributed by atoms with E-state index in [0.29, 0.717) is 6.10 Å². The van der Waals surface area contributed by atoms with E-state index >= 15 is 0 Å². The Labute approximate surface area is 213 Å². The van der Waals surface area contributed by atoms with Crippen molar-refractivity contribution in [3.05, 3.63) is 12.2 Å². The Balaban J connectivity index is 1.07. The third-order valence-corrected chi connectivity index (χ3v) is 10.8. The standard InChI is InChI=1S/C33H58O/c1-3-5-6-8-27-13-23-33(24-14-27)34-25-28-11-17-30(18-12-28)32-21-19-31(20-22-32)29-15-9-26(7-4-2)10-16-29/h13,23,26-33H,3-12,14-22,24-25H2,1-2H3. The van der Waals surface area contributed by atoms with Gasteiger partial charge in [0.05, 0.1) is 12.7 Å². The lowest BCUT2D eigenvalue weighted by molar-refractivity contribution is 0.0246. The number of rotatable bonds is 11. The fourth-order valence-electron chi connectivity index (χ4n) is 8.42. The smallest absolute Gasteiger partial charge is 0.0756 e. The average molecular weight is 471 g/mol. The van der Waals surface area contributed by atoms with Crippen LogP contribution in [0.15, 0.2) is 12.2 Å². The number of ether oxygens (including phenoxy) is 1. The maximum Gasteiger partial charge on any atom is 0.0756 e. The minimum absolute atomic E-state index is 0.410. The summed E-state index contributed by atoms with van der Waals surface area (Å²) in [5.41, 5.74) is 0. The lowest BCUT2D eigenvalue weighted by atomic mass is 9.65. The first-order valence-corrected chi connectivity index (χ1v) is 16.0. The molecule has 1 nitrogen and oxygen atoms in total. The highest BCUT2D eigenvalue weighted by Gasteiger charge is 2.34. The molecule has 34 heavy (non-hydrogen) atoms. The number of allylic oxidation sites excluding steroid dienone is 1. The quantitative estimate of drug-likeness (QED) is 0.215. The van der Waals surface area contributed by atoms with Crippen molar-refractivity contribution in [2.45, 2.75) is 148 Å². The summed E-state index contributed by atoms with van der Waals surface area (Å²) in [6, 6.07) is 0. The zero-order valence-corrected chi connectivity index (χ0v) is 23.0. The van der Waals surface area contributed by atoms with E-state index in [4.69, 9.17) is 4.74 Å². The van der Waals surface area contributed by atoms with Gasteiger partial charge < -0.3 is 4.74 Å². The Kier molecular flexibility index (Phi) is 11.4. The summed E-state index contributed by atoms with van der Waals surface area (Å²) in [7, 11) is 0. The van der Waals surface area contributed by atoms with Crippen LogP contribution >= 0.6 is 0 Å². The molecule has 0 aromatic heterocycles. The number of hydrogen-bond donors (Lipinski definition) is 0. The van der Waals surface area contributed by atoms with Gasteiger partial charge in [-0.25, -0.2) is 0 Å². The molecule has 1 heteroatoms. The molecule has 0 heterocycles. The molecular formula is C33H58O. The molecule has 196 valence electrons. The second-order valence-electron chi connectivity index (χ2n) is 13.1. The molecule has 0 aromatic carbocycles. The third-order valence-electron chi connectivity index (χ3n) is 10.8. The van der Waals surface area contributed by atoms with E-state index in [1.54, 1.807) is 51.4 Å². The Morgan fingerprint density at radius 1 is 0.529 bits per heavy atom. The van der Waals surface area contributed by atoms with Crippen molar-refractivity contribution in [2.24, 2.45) is 41.4 Å². The van der Waals surface area contributed by atoms with Gasteiger partial charge in [-0.3, -0.25) is 0 Å². The second-order valence-corrected chi connectivity index (χ2v) is 13.1. The molecule has 0 bridgehead atoms. The molecule has 4 aliphatic rings. The van der Waals surface area contributed by atoms with Gasteiger partial charge in [0.1, 0.15) is 0 Å². The summed E-state index contributed by atoms with van der Waals surface area (Å²) in [5.74, 6) is 6.99. The average Bonchev–Trinajstić information content (AvgIpc) is 2.89. The van der Waals surface area contributed by atoms with Crippen molar-refractivity contribution in [3.8, 4) is 0 Å². The first-order chi connectivity index (χ1) is 16.7. The van der Waals surface area contributed by atoms with Crippen LogP contribution in [-0.2, 0) is 4.74 Å².